The molecule has 102 valence electrons. The zero-order valence-corrected chi connectivity index (χ0v) is 11.6. The number of carbonyl (C=O) groups is 1. The molecule has 0 aliphatic rings. The van der Waals surface area contributed by atoms with Gasteiger partial charge in [-0.2, -0.15) is 5.21 Å². The molecule has 8 nitrogen and oxygen atoms in total. The molecule has 0 spiro atoms. The predicted octanol–water partition coefficient (Wildman–Crippen LogP) is 1.31. The molecule has 0 radical (unpaired) electrons. The van der Waals surface area contributed by atoms with Gasteiger partial charge in [0.25, 0.3) is 0 Å². The number of thiazole rings is 1. The number of hydrogen-bond donors (Lipinski definition) is 2. The highest BCUT2D eigenvalue weighted by molar-refractivity contribution is 7.15. The lowest BCUT2D eigenvalue weighted by Gasteiger charge is -2.07. The Morgan fingerprint density at radius 1 is 1.58 bits per heavy atom. The fraction of sp³-hybridized carbons (Fsp3) is 0.500. The van der Waals surface area contributed by atoms with E-state index in [9.17, 15) is 4.79 Å². The molecule has 9 heteroatoms. The van der Waals surface area contributed by atoms with Crippen LogP contribution in [0.2, 0.25) is 0 Å². The first-order valence-electron chi connectivity index (χ1n) is 5.76. The van der Waals surface area contributed by atoms with E-state index in [1.807, 2.05) is 13.8 Å². The molecule has 0 aliphatic heterocycles. The van der Waals surface area contributed by atoms with Crippen LogP contribution >= 0.6 is 11.3 Å². The SMILES string of the molecule is CCOC(=O)c1nc(NC(C)c2nn[nH]n2)sc1C. The molecule has 0 amide bonds. The summed E-state index contributed by atoms with van der Waals surface area (Å²) in [4.78, 5) is 16.7. The maximum absolute atomic E-state index is 11.6. The fourth-order valence-corrected chi connectivity index (χ4v) is 2.34. The van der Waals surface area contributed by atoms with E-state index >= 15 is 0 Å². The summed E-state index contributed by atoms with van der Waals surface area (Å²) in [5, 5.41) is 17.4. The standard InChI is InChI=1S/C10H14N6O2S/c1-4-18-9(17)7-6(3)19-10(12-7)11-5(2)8-13-15-16-14-8/h5H,4H2,1-3H3,(H,11,12)(H,13,14,15,16). The molecule has 2 rings (SSSR count). The maximum Gasteiger partial charge on any atom is 0.358 e. The number of anilines is 1. The molecule has 0 fully saturated rings. The van der Waals surface area contributed by atoms with Gasteiger partial charge in [0.05, 0.1) is 12.6 Å². The Bertz CT molecular complexity index is 552. The van der Waals surface area contributed by atoms with Gasteiger partial charge in [-0.1, -0.05) is 5.21 Å². The molecule has 1 unspecified atom stereocenters. The van der Waals surface area contributed by atoms with E-state index < -0.39 is 5.97 Å². The van der Waals surface area contributed by atoms with Crippen LogP contribution in [-0.4, -0.2) is 38.2 Å². The first-order chi connectivity index (χ1) is 9.11. The monoisotopic (exact) mass is 282 g/mol. The quantitative estimate of drug-likeness (QED) is 0.796. The van der Waals surface area contributed by atoms with Crippen molar-refractivity contribution in [2.24, 2.45) is 0 Å². The highest BCUT2D eigenvalue weighted by atomic mass is 32.1. The summed E-state index contributed by atoms with van der Waals surface area (Å²) < 4.78 is 4.94. The topological polar surface area (TPSA) is 106 Å². The van der Waals surface area contributed by atoms with Crippen LogP contribution in [0.3, 0.4) is 0 Å². The number of H-pyrrole nitrogens is 1. The van der Waals surface area contributed by atoms with Crippen molar-refractivity contribution >= 4 is 22.4 Å². The lowest BCUT2D eigenvalue weighted by atomic mass is 10.3. The average Bonchev–Trinajstić information content (AvgIpc) is 2.99. The Kier molecular flexibility index (Phi) is 4.05. The molecule has 0 bridgehead atoms. The maximum atomic E-state index is 11.6. The number of nitrogens with zero attached hydrogens (tertiary/aromatic N) is 4. The van der Waals surface area contributed by atoms with Crippen LogP contribution in [0.5, 0.6) is 0 Å². The van der Waals surface area contributed by atoms with Crippen LogP contribution < -0.4 is 5.32 Å². The summed E-state index contributed by atoms with van der Waals surface area (Å²) in [7, 11) is 0. The number of rotatable bonds is 5. The smallest absolute Gasteiger partial charge is 0.358 e. The number of aromatic nitrogens is 5. The van der Waals surface area contributed by atoms with Crippen molar-refractivity contribution in [2.45, 2.75) is 26.8 Å². The average molecular weight is 282 g/mol. The van der Waals surface area contributed by atoms with Gasteiger partial charge in [-0.3, -0.25) is 0 Å². The minimum atomic E-state index is -0.406. The molecule has 0 saturated heterocycles. The molecule has 1 atom stereocenters. The van der Waals surface area contributed by atoms with Crippen LogP contribution in [0.25, 0.3) is 0 Å². The molecule has 0 aromatic carbocycles. The molecule has 2 N–H and O–H groups in total. The first kappa shape index (κ1) is 13.4. The summed E-state index contributed by atoms with van der Waals surface area (Å²) in [6.45, 7) is 5.80. The second kappa shape index (κ2) is 5.74. The highest BCUT2D eigenvalue weighted by Gasteiger charge is 2.18. The van der Waals surface area contributed by atoms with Gasteiger partial charge >= 0.3 is 5.97 Å². The van der Waals surface area contributed by atoms with Crippen molar-refractivity contribution in [3.8, 4) is 0 Å². The molecule has 2 aromatic rings. The number of aromatic amines is 1. The summed E-state index contributed by atoms with van der Waals surface area (Å²) in [6.07, 6.45) is 0. The van der Waals surface area contributed by atoms with Gasteiger partial charge in [0.2, 0.25) is 0 Å². The Labute approximate surface area is 113 Å². The first-order valence-corrected chi connectivity index (χ1v) is 6.58. The largest absolute Gasteiger partial charge is 0.461 e. The van der Waals surface area contributed by atoms with Crippen LogP contribution in [0, 0.1) is 6.92 Å². The van der Waals surface area contributed by atoms with Crippen LogP contribution in [-0.2, 0) is 4.74 Å². The van der Waals surface area contributed by atoms with Gasteiger partial charge in [-0.05, 0) is 20.8 Å². The molecule has 19 heavy (non-hydrogen) atoms. The number of nitrogens with one attached hydrogen (secondary N) is 2. The Morgan fingerprint density at radius 2 is 2.37 bits per heavy atom. The molecule has 2 aromatic heterocycles. The normalized spacial score (nSPS) is 12.2. The minimum Gasteiger partial charge on any atom is -0.461 e. The van der Waals surface area contributed by atoms with E-state index in [-0.39, 0.29) is 6.04 Å². The summed E-state index contributed by atoms with van der Waals surface area (Å²) in [6, 6.07) is -0.153. The number of tetrazole rings is 1. The van der Waals surface area contributed by atoms with Crippen molar-refractivity contribution in [1.82, 2.24) is 25.6 Å². The summed E-state index contributed by atoms with van der Waals surface area (Å²) in [5.74, 6) is 0.127. The van der Waals surface area contributed by atoms with Crippen molar-refractivity contribution < 1.29 is 9.53 Å². The van der Waals surface area contributed by atoms with E-state index in [2.05, 4.69) is 30.9 Å². The van der Waals surface area contributed by atoms with Crippen molar-refractivity contribution in [2.75, 3.05) is 11.9 Å². The molecular weight excluding hydrogens is 268 g/mol. The van der Waals surface area contributed by atoms with E-state index in [1.165, 1.54) is 11.3 Å². The predicted molar refractivity (Wildman–Crippen MR) is 69.0 cm³/mol. The number of carbonyl (C=O) groups excluding carboxylic acids is 1. The Morgan fingerprint density at radius 3 is 3.00 bits per heavy atom. The molecule has 0 aliphatic carbocycles. The molecule has 2 heterocycles. The van der Waals surface area contributed by atoms with Gasteiger partial charge in [0.1, 0.15) is 0 Å². The second-order valence-corrected chi connectivity index (χ2v) is 4.98. The van der Waals surface area contributed by atoms with Gasteiger partial charge < -0.3 is 10.1 Å². The fourth-order valence-electron chi connectivity index (χ4n) is 1.45. The Balaban J connectivity index is 2.10. The van der Waals surface area contributed by atoms with Gasteiger partial charge in [0.15, 0.2) is 16.6 Å². The number of aryl methyl sites for hydroxylation is 1. The molecular formula is C10H14N6O2S. The third kappa shape index (κ3) is 3.05. The third-order valence-electron chi connectivity index (χ3n) is 2.35. The van der Waals surface area contributed by atoms with Crippen LogP contribution in [0.1, 0.15) is 41.1 Å². The third-order valence-corrected chi connectivity index (χ3v) is 3.26. The Hall–Kier alpha value is -2.03. The number of ether oxygens (including phenoxy) is 1. The van der Waals surface area contributed by atoms with Gasteiger partial charge in [-0.25, -0.2) is 9.78 Å². The minimum absolute atomic E-state index is 0.153. The van der Waals surface area contributed by atoms with E-state index in [0.717, 1.165) is 4.88 Å². The van der Waals surface area contributed by atoms with Crippen molar-refractivity contribution in [3.63, 3.8) is 0 Å². The zero-order valence-electron chi connectivity index (χ0n) is 10.8. The lowest BCUT2D eigenvalue weighted by molar-refractivity contribution is 0.0519. The second-order valence-electron chi connectivity index (χ2n) is 3.78. The summed E-state index contributed by atoms with van der Waals surface area (Å²) in [5.41, 5.74) is 0.342. The van der Waals surface area contributed by atoms with E-state index in [4.69, 9.17) is 4.74 Å². The summed E-state index contributed by atoms with van der Waals surface area (Å²) >= 11 is 1.38. The highest BCUT2D eigenvalue weighted by Crippen LogP contribution is 2.25. The van der Waals surface area contributed by atoms with E-state index in [1.54, 1.807) is 6.92 Å². The van der Waals surface area contributed by atoms with Gasteiger partial charge in [-0.15, -0.1) is 21.5 Å². The van der Waals surface area contributed by atoms with E-state index in [0.29, 0.717) is 23.3 Å². The van der Waals surface area contributed by atoms with Crippen molar-refractivity contribution in [1.29, 1.82) is 0 Å². The number of hydrogen-bond acceptors (Lipinski definition) is 8. The lowest BCUT2D eigenvalue weighted by Crippen LogP contribution is -2.10. The van der Waals surface area contributed by atoms with Crippen LogP contribution in [0.15, 0.2) is 0 Å². The molecule has 0 saturated carbocycles. The van der Waals surface area contributed by atoms with Crippen molar-refractivity contribution in [3.05, 3.63) is 16.4 Å². The number of esters is 1. The van der Waals surface area contributed by atoms with Gasteiger partial charge in [0, 0.05) is 4.88 Å². The van der Waals surface area contributed by atoms with Crippen LogP contribution in [0.4, 0.5) is 5.13 Å². The zero-order chi connectivity index (χ0) is 13.8.